The minimum Gasteiger partial charge on any atom is -0.399 e. The molecule has 17 heavy (non-hydrogen) atoms. The molecule has 0 spiro atoms. The Kier molecular flexibility index (Phi) is 2.87. The highest BCUT2D eigenvalue weighted by Gasteiger charge is 2.56. The molecular formula is C12H21BN2O2. The first-order valence-electron chi connectivity index (χ1n) is 6.10. The summed E-state index contributed by atoms with van der Waals surface area (Å²) >= 11 is 0. The van der Waals surface area contributed by atoms with E-state index in [0.717, 1.165) is 5.46 Å². The number of rotatable bonds is 2. The maximum Gasteiger partial charge on any atom is 0.498 e. The van der Waals surface area contributed by atoms with Crippen molar-refractivity contribution in [2.75, 3.05) is 0 Å². The number of nitrogens with zero attached hydrogens (tertiary/aromatic N) is 2. The van der Waals surface area contributed by atoms with Crippen LogP contribution in [0.3, 0.4) is 0 Å². The number of aromatic nitrogens is 2. The van der Waals surface area contributed by atoms with E-state index in [2.05, 4.69) is 39.7 Å². The van der Waals surface area contributed by atoms with Gasteiger partial charge in [-0.15, -0.1) is 0 Å². The van der Waals surface area contributed by atoms with Crippen LogP contribution in [0.5, 0.6) is 0 Å². The minimum atomic E-state index is -0.314. The SMILES string of the molecule is CC(C)C1(C)OB(c2cnn(C)c2)OC1(C)C. The molecule has 2 rings (SSSR count). The van der Waals surface area contributed by atoms with Gasteiger partial charge in [-0.2, -0.15) is 5.10 Å². The molecular weight excluding hydrogens is 215 g/mol. The first-order chi connectivity index (χ1) is 7.76. The van der Waals surface area contributed by atoms with Gasteiger partial charge in [0, 0.05) is 24.9 Å². The van der Waals surface area contributed by atoms with Crippen LogP contribution in [0.15, 0.2) is 12.4 Å². The Bertz CT molecular complexity index is 416. The molecule has 1 atom stereocenters. The van der Waals surface area contributed by atoms with E-state index in [0.29, 0.717) is 5.92 Å². The van der Waals surface area contributed by atoms with Crippen LogP contribution in [0.4, 0.5) is 0 Å². The highest BCUT2D eigenvalue weighted by atomic mass is 16.7. The Balaban J connectivity index is 2.27. The van der Waals surface area contributed by atoms with E-state index in [1.807, 2.05) is 13.2 Å². The van der Waals surface area contributed by atoms with Gasteiger partial charge in [-0.05, 0) is 26.7 Å². The molecule has 0 saturated carbocycles. The maximum atomic E-state index is 6.15. The average molecular weight is 236 g/mol. The first kappa shape index (κ1) is 12.6. The van der Waals surface area contributed by atoms with E-state index in [9.17, 15) is 0 Å². The Morgan fingerprint density at radius 2 is 1.94 bits per heavy atom. The van der Waals surface area contributed by atoms with Gasteiger partial charge in [-0.3, -0.25) is 4.68 Å². The van der Waals surface area contributed by atoms with Gasteiger partial charge < -0.3 is 9.31 Å². The van der Waals surface area contributed by atoms with Crippen LogP contribution in [-0.2, 0) is 16.4 Å². The molecule has 1 aliphatic heterocycles. The smallest absolute Gasteiger partial charge is 0.399 e. The molecule has 1 aliphatic rings. The van der Waals surface area contributed by atoms with E-state index in [1.54, 1.807) is 10.9 Å². The van der Waals surface area contributed by atoms with Crippen molar-refractivity contribution in [2.24, 2.45) is 13.0 Å². The lowest BCUT2D eigenvalue weighted by molar-refractivity contribution is -0.0435. The summed E-state index contributed by atoms with van der Waals surface area (Å²) in [7, 11) is 1.58. The van der Waals surface area contributed by atoms with E-state index >= 15 is 0 Å². The summed E-state index contributed by atoms with van der Waals surface area (Å²) in [6, 6.07) is 0. The lowest BCUT2D eigenvalue weighted by Crippen LogP contribution is -2.48. The topological polar surface area (TPSA) is 36.3 Å². The molecule has 2 heterocycles. The Morgan fingerprint density at radius 3 is 2.35 bits per heavy atom. The fraction of sp³-hybridized carbons (Fsp3) is 0.750. The molecule has 5 heteroatoms. The summed E-state index contributed by atoms with van der Waals surface area (Å²) in [5.74, 6) is 0.388. The van der Waals surface area contributed by atoms with Crippen molar-refractivity contribution in [3.63, 3.8) is 0 Å². The van der Waals surface area contributed by atoms with Gasteiger partial charge in [-0.25, -0.2) is 0 Å². The predicted molar refractivity (Wildman–Crippen MR) is 68.1 cm³/mol. The van der Waals surface area contributed by atoms with Crippen molar-refractivity contribution in [1.29, 1.82) is 0 Å². The van der Waals surface area contributed by atoms with Crippen molar-refractivity contribution in [3.05, 3.63) is 12.4 Å². The molecule has 0 aliphatic carbocycles. The second-order valence-electron chi connectivity index (χ2n) is 5.79. The lowest BCUT2D eigenvalue weighted by atomic mass is 9.78. The van der Waals surface area contributed by atoms with Crippen LogP contribution in [0, 0.1) is 5.92 Å². The molecule has 1 aromatic rings. The van der Waals surface area contributed by atoms with E-state index in [4.69, 9.17) is 9.31 Å². The van der Waals surface area contributed by atoms with Gasteiger partial charge in [0.1, 0.15) is 0 Å². The van der Waals surface area contributed by atoms with Crippen LogP contribution >= 0.6 is 0 Å². The second-order valence-corrected chi connectivity index (χ2v) is 5.79. The summed E-state index contributed by atoms with van der Waals surface area (Å²) in [6.45, 7) is 10.6. The van der Waals surface area contributed by atoms with E-state index in [1.165, 1.54) is 0 Å². The van der Waals surface area contributed by atoms with Gasteiger partial charge >= 0.3 is 7.12 Å². The van der Waals surface area contributed by atoms with Gasteiger partial charge in [0.05, 0.1) is 11.2 Å². The Hall–Kier alpha value is -0.805. The monoisotopic (exact) mass is 236 g/mol. The average Bonchev–Trinajstić information content (AvgIpc) is 2.71. The third kappa shape index (κ3) is 1.91. The van der Waals surface area contributed by atoms with Crippen LogP contribution < -0.4 is 5.46 Å². The number of aryl methyl sites for hydroxylation is 1. The molecule has 0 radical (unpaired) electrons. The molecule has 1 saturated heterocycles. The highest BCUT2D eigenvalue weighted by Crippen LogP contribution is 2.42. The zero-order chi connectivity index (χ0) is 12.8. The number of hydrogen-bond acceptors (Lipinski definition) is 3. The summed E-state index contributed by atoms with van der Waals surface area (Å²) in [4.78, 5) is 0. The van der Waals surface area contributed by atoms with Crippen molar-refractivity contribution in [3.8, 4) is 0 Å². The first-order valence-corrected chi connectivity index (χ1v) is 6.10. The minimum absolute atomic E-state index is 0.284. The Morgan fingerprint density at radius 1 is 1.29 bits per heavy atom. The van der Waals surface area contributed by atoms with Gasteiger partial charge in [0.25, 0.3) is 0 Å². The van der Waals surface area contributed by atoms with E-state index < -0.39 is 0 Å². The second kappa shape index (κ2) is 3.85. The van der Waals surface area contributed by atoms with Gasteiger partial charge in [0.15, 0.2) is 0 Å². The van der Waals surface area contributed by atoms with Crippen molar-refractivity contribution < 1.29 is 9.31 Å². The standard InChI is InChI=1S/C12H21BN2O2/c1-9(2)12(5)11(3,4)16-13(17-12)10-7-14-15(6)8-10/h7-9H,1-6H3. The molecule has 1 unspecified atom stereocenters. The molecule has 0 N–H and O–H groups in total. The van der Waals surface area contributed by atoms with Crippen LogP contribution in [0.25, 0.3) is 0 Å². The third-order valence-electron chi connectivity index (χ3n) is 4.05. The molecule has 1 aromatic heterocycles. The zero-order valence-corrected chi connectivity index (χ0v) is 11.5. The number of hydrogen-bond donors (Lipinski definition) is 0. The summed E-state index contributed by atoms with van der Waals surface area (Å²) in [5.41, 5.74) is 0.389. The van der Waals surface area contributed by atoms with Gasteiger partial charge in [0.2, 0.25) is 0 Å². The molecule has 1 fully saturated rings. The molecule has 0 aromatic carbocycles. The summed E-state index contributed by atoms with van der Waals surface area (Å²) < 4.78 is 14.0. The quantitative estimate of drug-likeness (QED) is 0.727. The van der Waals surface area contributed by atoms with E-state index in [-0.39, 0.29) is 18.3 Å². The van der Waals surface area contributed by atoms with Crippen LogP contribution in [0.2, 0.25) is 0 Å². The Labute approximate surface area is 103 Å². The third-order valence-corrected chi connectivity index (χ3v) is 4.05. The maximum absolute atomic E-state index is 6.15. The predicted octanol–water partition coefficient (Wildman–Crippen LogP) is 1.36. The molecule has 0 bridgehead atoms. The lowest BCUT2D eigenvalue weighted by Gasteiger charge is -2.39. The van der Waals surface area contributed by atoms with Gasteiger partial charge in [-0.1, -0.05) is 13.8 Å². The largest absolute Gasteiger partial charge is 0.498 e. The van der Waals surface area contributed by atoms with Crippen LogP contribution in [-0.4, -0.2) is 28.1 Å². The fourth-order valence-corrected chi connectivity index (χ4v) is 2.30. The molecule has 94 valence electrons. The van der Waals surface area contributed by atoms with Crippen molar-refractivity contribution >= 4 is 12.6 Å². The summed E-state index contributed by atoms with van der Waals surface area (Å²) in [6.07, 6.45) is 3.74. The normalized spacial score (nSPS) is 28.1. The fourth-order valence-electron chi connectivity index (χ4n) is 2.30. The zero-order valence-electron chi connectivity index (χ0n) is 11.5. The molecule has 4 nitrogen and oxygen atoms in total. The highest BCUT2D eigenvalue weighted by molar-refractivity contribution is 6.62. The molecule has 0 amide bonds. The summed E-state index contributed by atoms with van der Waals surface area (Å²) in [5, 5.41) is 4.16. The van der Waals surface area contributed by atoms with Crippen molar-refractivity contribution in [2.45, 2.75) is 45.8 Å². The van der Waals surface area contributed by atoms with Crippen molar-refractivity contribution in [1.82, 2.24) is 9.78 Å². The van der Waals surface area contributed by atoms with Crippen LogP contribution in [0.1, 0.15) is 34.6 Å².